The molecular weight excluding hydrogens is 304 g/mol. The summed E-state index contributed by atoms with van der Waals surface area (Å²) < 4.78 is 10.5. The van der Waals surface area contributed by atoms with Gasteiger partial charge in [-0.2, -0.15) is 5.26 Å². The van der Waals surface area contributed by atoms with Gasteiger partial charge < -0.3 is 14.8 Å². The average molecular weight is 328 g/mol. The van der Waals surface area contributed by atoms with Gasteiger partial charge >= 0.3 is 0 Å². The van der Waals surface area contributed by atoms with Crippen LogP contribution in [0.25, 0.3) is 6.08 Å². The van der Waals surface area contributed by atoms with Gasteiger partial charge in [0.25, 0.3) is 5.91 Å². The maximum absolute atomic E-state index is 12.4. The van der Waals surface area contributed by atoms with E-state index in [0.717, 1.165) is 19.3 Å². The zero-order chi connectivity index (χ0) is 17.5. The Balaban J connectivity index is 2.19. The number of methoxy groups -OCH3 is 2. The first-order valence-corrected chi connectivity index (χ1v) is 8.23. The molecule has 24 heavy (non-hydrogen) atoms. The SMILES string of the molecule is COc1ccc(/C=C(\C#N)C(=O)N[C@@H]2CCCC[C@H]2C)c(OC)c1. The Morgan fingerprint density at radius 1 is 1.29 bits per heavy atom. The molecule has 2 rings (SSSR count). The molecule has 1 N–H and O–H groups in total. The van der Waals surface area contributed by atoms with Crippen molar-refractivity contribution >= 4 is 12.0 Å². The van der Waals surface area contributed by atoms with Crippen molar-refractivity contribution < 1.29 is 14.3 Å². The lowest BCUT2D eigenvalue weighted by molar-refractivity contribution is -0.118. The lowest BCUT2D eigenvalue weighted by Gasteiger charge is -2.29. The number of hydrogen-bond donors (Lipinski definition) is 1. The van der Waals surface area contributed by atoms with Crippen LogP contribution < -0.4 is 14.8 Å². The van der Waals surface area contributed by atoms with Gasteiger partial charge in [0.2, 0.25) is 0 Å². The van der Waals surface area contributed by atoms with E-state index in [1.54, 1.807) is 38.5 Å². The highest BCUT2D eigenvalue weighted by molar-refractivity contribution is 6.02. The molecule has 1 saturated carbocycles. The number of hydrogen-bond acceptors (Lipinski definition) is 4. The molecule has 0 bridgehead atoms. The average Bonchev–Trinajstić information content (AvgIpc) is 2.61. The van der Waals surface area contributed by atoms with E-state index in [9.17, 15) is 10.1 Å². The van der Waals surface area contributed by atoms with E-state index < -0.39 is 0 Å². The Labute approximate surface area is 143 Å². The number of rotatable bonds is 5. The Morgan fingerprint density at radius 2 is 2.04 bits per heavy atom. The number of amides is 1. The fourth-order valence-electron chi connectivity index (χ4n) is 3.02. The fourth-order valence-corrected chi connectivity index (χ4v) is 3.02. The molecule has 2 atom stereocenters. The summed E-state index contributed by atoms with van der Waals surface area (Å²) in [7, 11) is 3.12. The number of benzene rings is 1. The molecule has 1 aliphatic rings. The first kappa shape index (κ1) is 17.9. The molecular formula is C19H24N2O3. The number of nitriles is 1. The van der Waals surface area contributed by atoms with Crippen molar-refractivity contribution in [2.45, 2.75) is 38.6 Å². The van der Waals surface area contributed by atoms with Crippen LogP contribution in [-0.4, -0.2) is 26.2 Å². The van der Waals surface area contributed by atoms with Crippen LogP contribution in [0.3, 0.4) is 0 Å². The van der Waals surface area contributed by atoms with Crippen LogP contribution in [0.15, 0.2) is 23.8 Å². The van der Waals surface area contributed by atoms with Gasteiger partial charge in [0, 0.05) is 17.7 Å². The van der Waals surface area contributed by atoms with Crippen molar-refractivity contribution in [2.24, 2.45) is 5.92 Å². The van der Waals surface area contributed by atoms with E-state index >= 15 is 0 Å². The van der Waals surface area contributed by atoms with Gasteiger partial charge in [-0.15, -0.1) is 0 Å². The van der Waals surface area contributed by atoms with Gasteiger partial charge in [0.15, 0.2) is 0 Å². The molecule has 5 nitrogen and oxygen atoms in total. The van der Waals surface area contributed by atoms with Crippen LogP contribution in [0.5, 0.6) is 11.5 Å². The second-order valence-corrected chi connectivity index (χ2v) is 6.12. The van der Waals surface area contributed by atoms with Crippen LogP contribution in [0, 0.1) is 17.2 Å². The summed E-state index contributed by atoms with van der Waals surface area (Å²) in [6.45, 7) is 2.15. The lowest BCUT2D eigenvalue weighted by atomic mass is 9.86. The highest BCUT2D eigenvalue weighted by atomic mass is 16.5. The van der Waals surface area contributed by atoms with Gasteiger partial charge in [0.05, 0.1) is 14.2 Å². The molecule has 0 heterocycles. The predicted molar refractivity (Wildman–Crippen MR) is 92.7 cm³/mol. The summed E-state index contributed by atoms with van der Waals surface area (Å²) in [5, 5.41) is 12.4. The van der Waals surface area contributed by atoms with Crippen LogP contribution in [0.4, 0.5) is 0 Å². The van der Waals surface area contributed by atoms with E-state index in [2.05, 4.69) is 12.2 Å². The molecule has 1 fully saturated rings. The van der Waals surface area contributed by atoms with Crippen molar-refractivity contribution in [1.82, 2.24) is 5.32 Å². The van der Waals surface area contributed by atoms with E-state index in [1.165, 1.54) is 6.42 Å². The molecule has 128 valence electrons. The summed E-state index contributed by atoms with van der Waals surface area (Å²) in [4.78, 5) is 12.4. The smallest absolute Gasteiger partial charge is 0.262 e. The molecule has 0 spiro atoms. The zero-order valence-corrected chi connectivity index (χ0v) is 14.5. The maximum atomic E-state index is 12.4. The van der Waals surface area contributed by atoms with Crippen molar-refractivity contribution in [1.29, 1.82) is 5.26 Å². The first-order chi connectivity index (χ1) is 11.6. The minimum absolute atomic E-state index is 0.0799. The van der Waals surface area contributed by atoms with Crippen LogP contribution in [0.2, 0.25) is 0 Å². The predicted octanol–water partition coefficient (Wildman–Crippen LogP) is 3.31. The van der Waals surface area contributed by atoms with Gasteiger partial charge in [0.1, 0.15) is 23.1 Å². The molecule has 0 aliphatic heterocycles. The number of nitrogens with zero attached hydrogens (tertiary/aromatic N) is 1. The molecule has 0 unspecified atom stereocenters. The third kappa shape index (κ3) is 4.29. The van der Waals surface area contributed by atoms with E-state index in [0.29, 0.717) is 23.0 Å². The Morgan fingerprint density at radius 3 is 2.67 bits per heavy atom. The van der Waals surface area contributed by atoms with E-state index in [4.69, 9.17) is 9.47 Å². The molecule has 0 aromatic heterocycles. The summed E-state index contributed by atoms with van der Waals surface area (Å²) >= 11 is 0. The molecule has 1 amide bonds. The quantitative estimate of drug-likeness (QED) is 0.665. The third-order valence-corrected chi connectivity index (χ3v) is 4.53. The molecule has 0 radical (unpaired) electrons. The summed E-state index contributed by atoms with van der Waals surface area (Å²) in [5.74, 6) is 1.33. The second kappa shape index (κ2) is 8.39. The molecule has 1 aromatic rings. The minimum Gasteiger partial charge on any atom is -0.497 e. The second-order valence-electron chi connectivity index (χ2n) is 6.12. The monoisotopic (exact) mass is 328 g/mol. The Hall–Kier alpha value is -2.48. The summed E-state index contributed by atoms with van der Waals surface area (Å²) in [5.41, 5.74) is 0.748. The number of carbonyl (C=O) groups is 1. The van der Waals surface area contributed by atoms with Crippen molar-refractivity contribution in [2.75, 3.05) is 14.2 Å². The lowest BCUT2D eigenvalue weighted by Crippen LogP contribution is -2.41. The van der Waals surface area contributed by atoms with Crippen molar-refractivity contribution in [3.05, 3.63) is 29.3 Å². The van der Waals surface area contributed by atoms with Gasteiger partial charge in [-0.3, -0.25) is 4.79 Å². The van der Waals surface area contributed by atoms with Crippen LogP contribution >= 0.6 is 0 Å². The molecule has 5 heteroatoms. The van der Waals surface area contributed by atoms with Gasteiger partial charge in [-0.25, -0.2) is 0 Å². The standard InChI is InChI=1S/C19H24N2O3/c1-13-6-4-5-7-17(13)21-19(22)15(12-20)10-14-8-9-16(23-2)11-18(14)24-3/h8-11,13,17H,4-7H2,1-3H3,(H,21,22)/b15-10+/t13-,17-/m1/s1. The minimum atomic E-state index is -0.325. The zero-order valence-electron chi connectivity index (χ0n) is 14.5. The highest BCUT2D eigenvalue weighted by Crippen LogP contribution is 2.27. The van der Waals surface area contributed by atoms with E-state index in [1.807, 2.05) is 6.07 Å². The van der Waals surface area contributed by atoms with Crippen molar-refractivity contribution in [3.8, 4) is 17.6 Å². The Bertz CT molecular complexity index is 661. The van der Waals surface area contributed by atoms with Gasteiger partial charge in [-0.05, 0) is 37.0 Å². The van der Waals surface area contributed by atoms with Crippen molar-refractivity contribution in [3.63, 3.8) is 0 Å². The van der Waals surface area contributed by atoms with Gasteiger partial charge in [-0.1, -0.05) is 19.8 Å². The fraction of sp³-hybridized carbons (Fsp3) is 0.474. The summed E-state index contributed by atoms with van der Waals surface area (Å²) in [6, 6.07) is 7.40. The number of nitrogens with one attached hydrogen (secondary N) is 1. The highest BCUT2D eigenvalue weighted by Gasteiger charge is 2.24. The summed E-state index contributed by atoms with van der Waals surface area (Å²) in [6.07, 6.45) is 5.96. The van der Waals surface area contributed by atoms with Crippen LogP contribution in [0.1, 0.15) is 38.2 Å². The van der Waals surface area contributed by atoms with E-state index in [-0.39, 0.29) is 17.5 Å². The molecule has 1 aliphatic carbocycles. The molecule has 1 aromatic carbocycles. The number of ether oxygens (including phenoxy) is 2. The normalized spacial score (nSPS) is 20.8. The maximum Gasteiger partial charge on any atom is 0.262 e. The first-order valence-electron chi connectivity index (χ1n) is 8.23. The number of carbonyl (C=O) groups excluding carboxylic acids is 1. The third-order valence-electron chi connectivity index (χ3n) is 4.53. The topological polar surface area (TPSA) is 71.3 Å². The van der Waals surface area contributed by atoms with Crippen LogP contribution in [-0.2, 0) is 4.79 Å². The largest absolute Gasteiger partial charge is 0.497 e. The molecule has 0 saturated heterocycles. The Kier molecular flexibility index (Phi) is 6.25.